The number of nitrogens with zero attached hydrogens (tertiary/aromatic N) is 4. The van der Waals surface area contributed by atoms with Gasteiger partial charge in [0.05, 0.1) is 16.4 Å². The van der Waals surface area contributed by atoms with E-state index < -0.39 is 0 Å². The van der Waals surface area contributed by atoms with E-state index >= 15 is 0 Å². The van der Waals surface area contributed by atoms with Gasteiger partial charge in [-0.25, -0.2) is 4.68 Å². The number of tetrazole rings is 1. The second kappa shape index (κ2) is 7.14. The number of rotatable bonds is 6. The summed E-state index contributed by atoms with van der Waals surface area (Å²) in [5, 5.41) is 14.2. The van der Waals surface area contributed by atoms with Crippen LogP contribution < -0.4 is 11.1 Å². The molecule has 1 aromatic heterocycles. The molecule has 0 radical (unpaired) electrons. The summed E-state index contributed by atoms with van der Waals surface area (Å²) in [6.07, 6.45) is 3.03. The van der Waals surface area contributed by atoms with Crippen LogP contribution in [0, 0.1) is 5.92 Å². The Morgan fingerprint density at radius 2 is 2.33 bits per heavy atom. The number of carbonyl (C=O) groups excluding carboxylic acids is 1. The Hall–Kier alpha value is -1.99. The molecule has 0 aliphatic rings. The van der Waals surface area contributed by atoms with E-state index in [1.165, 1.54) is 11.0 Å². The number of hydrogen-bond donors (Lipinski definition) is 2. The topological polar surface area (TPSA) is 98.7 Å². The molecule has 1 amide bonds. The molecule has 1 unspecified atom stereocenters. The standard InChI is InChI=1S/C13H17ClN6O/c1-9(3-2-6-15)13(21)17-12-7-10(4-5-11(12)14)20-8-16-18-19-20/h4-5,7-9H,2-3,6,15H2,1H3,(H,17,21). The van der Waals surface area contributed by atoms with Crippen LogP contribution in [0.25, 0.3) is 5.69 Å². The summed E-state index contributed by atoms with van der Waals surface area (Å²) in [6, 6.07) is 5.19. The van der Waals surface area contributed by atoms with Crippen molar-refractivity contribution in [3.05, 3.63) is 29.5 Å². The van der Waals surface area contributed by atoms with Gasteiger partial charge < -0.3 is 11.1 Å². The largest absolute Gasteiger partial charge is 0.330 e. The van der Waals surface area contributed by atoms with Gasteiger partial charge in [-0.05, 0) is 48.0 Å². The second-order valence-corrected chi connectivity index (χ2v) is 5.15. The number of hydrogen-bond acceptors (Lipinski definition) is 5. The van der Waals surface area contributed by atoms with Crippen LogP contribution in [0.1, 0.15) is 19.8 Å². The highest BCUT2D eigenvalue weighted by Gasteiger charge is 2.14. The maximum absolute atomic E-state index is 12.1. The summed E-state index contributed by atoms with van der Waals surface area (Å²) in [6.45, 7) is 2.44. The zero-order chi connectivity index (χ0) is 15.2. The van der Waals surface area contributed by atoms with E-state index in [0.717, 1.165) is 12.8 Å². The minimum Gasteiger partial charge on any atom is -0.330 e. The normalized spacial score (nSPS) is 12.1. The fourth-order valence-electron chi connectivity index (χ4n) is 1.84. The molecule has 8 heteroatoms. The van der Waals surface area contributed by atoms with Crippen molar-refractivity contribution in [1.29, 1.82) is 0 Å². The second-order valence-electron chi connectivity index (χ2n) is 4.74. The molecule has 0 bridgehead atoms. The fraction of sp³-hybridized carbons (Fsp3) is 0.385. The van der Waals surface area contributed by atoms with Gasteiger partial charge in [-0.3, -0.25) is 4.79 Å². The van der Waals surface area contributed by atoms with Gasteiger partial charge in [0.15, 0.2) is 0 Å². The van der Waals surface area contributed by atoms with Crippen molar-refractivity contribution in [2.75, 3.05) is 11.9 Å². The van der Waals surface area contributed by atoms with Gasteiger partial charge >= 0.3 is 0 Å². The first kappa shape index (κ1) is 15.4. The Kier molecular flexibility index (Phi) is 5.24. The van der Waals surface area contributed by atoms with Gasteiger partial charge in [-0.2, -0.15) is 0 Å². The highest BCUT2D eigenvalue weighted by atomic mass is 35.5. The van der Waals surface area contributed by atoms with Crippen LogP contribution >= 0.6 is 11.6 Å². The molecular weight excluding hydrogens is 292 g/mol. The fourth-order valence-corrected chi connectivity index (χ4v) is 2.01. The number of carbonyl (C=O) groups is 1. The number of nitrogens with two attached hydrogens (primary N) is 1. The van der Waals surface area contributed by atoms with Crippen LogP contribution in [0.3, 0.4) is 0 Å². The third-order valence-electron chi connectivity index (χ3n) is 3.11. The van der Waals surface area contributed by atoms with Crippen LogP contribution in [-0.2, 0) is 4.79 Å². The van der Waals surface area contributed by atoms with Gasteiger partial charge in [-0.1, -0.05) is 18.5 Å². The summed E-state index contributed by atoms with van der Waals surface area (Å²) < 4.78 is 1.49. The first-order valence-corrected chi connectivity index (χ1v) is 7.03. The smallest absolute Gasteiger partial charge is 0.227 e. The van der Waals surface area contributed by atoms with Crippen molar-refractivity contribution in [3.63, 3.8) is 0 Å². The van der Waals surface area contributed by atoms with E-state index in [2.05, 4.69) is 20.8 Å². The predicted molar refractivity (Wildman–Crippen MR) is 80.2 cm³/mol. The molecule has 0 spiro atoms. The Labute approximate surface area is 127 Å². The highest BCUT2D eigenvalue weighted by Crippen LogP contribution is 2.25. The Morgan fingerprint density at radius 3 is 3.00 bits per heavy atom. The van der Waals surface area contributed by atoms with E-state index in [1.54, 1.807) is 18.2 Å². The quantitative estimate of drug-likeness (QED) is 0.845. The monoisotopic (exact) mass is 308 g/mol. The molecule has 2 aromatic rings. The molecule has 0 aliphatic heterocycles. The van der Waals surface area contributed by atoms with Gasteiger partial charge in [0.1, 0.15) is 6.33 Å². The van der Waals surface area contributed by atoms with Crippen molar-refractivity contribution in [2.24, 2.45) is 11.7 Å². The summed E-state index contributed by atoms with van der Waals surface area (Å²) in [5.74, 6) is -0.208. The number of nitrogens with one attached hydrogen (secondary N) is 1. The lowest BCUT2D eigenvalue weighted by Crippen LogP contribution is -2.21. The molecule has 1 heterocycles. The number of halogens is 1. The number of benzene rings is 1. The molecule has 2 rings (SSSR count). The third-order valence-corrected chi connectivity index (χ3v) is 3.44. The first-order chi connectivity index (χ1) is 10.1. The molecule has 1 aromatic carbocycles. The summed E-state index contributed by atoms with van der Waals surface area (Å²) in [7, 11) is 0. The number of aromatic nitrogens is 4. The van der Waals surface area contributed by atoms with Crippen molar-refractivity contribution < 1.29 is 4.79 Å². The maximum atomic E-state index is 12.1. The van der Waals surface area contributed by atoms with Gasteiger partial charge in [0.2, 0.25) is 5.91 Å². The molecular formula is C13H17ClN6O. The molecule has 7 nitrogen and oxygen atoms in total. The van der Waals surface area contributed by atoms with E-state index in [9.17, 15) is 4.79 Å². The van der Waals surface area contributed by atoms with Crippen LogP contribution in [0.5, 0.6) is 0 Å². The SMILES string of the molecule is CC(CCCN)C(=O)Nc1cc(-n2cnnn2)ccc1Cl. The van der Waals surface area contributed by atoms with Gasteiger partial charge in [0, 0.05) is 5.92 Å². The van der Waals surface area contributed by atoms with Crippen molar-refractivity contribution in [1.82, 2.24) is 20.2 Å². The van der Waals surface area contributed by atoms with Crippen LogP contribution in [0.4, 0.5) is 5.69 Å². The average Bonchev–Trinajstić information content (AvgIpc) is 3.01. The molecule has 0 fully saturated rings. The molecule has 3 N–H and O–H groups in total. The van der Waals surface area contributed by atoms with Crippen LogP contribution in [0.2, 0.25) is 5.02 Å². The first-order valence-electron chi connectivity index (χ1n) is 6.65. The predicted octanol–water partition coefficient (Wildman–Crippen LogP) is 1.63. The van der Waals surface area contributed by atoms with E-state index in [1.807, 2.05) is 6.92 Å². The number of anilines is 1. The van der Waals surface area contributed by atoms with Crippen molar-refractivity contribution >= 4 is 23.2 Å². The molecule has 112 valence electrons. The van der Waals surface area contributed by atoms with Gasteiger partial charge in [0.25, 0.3) is 0 Å². The lowest BCUT2D eigenvalue weighted by molar-refractivity contribution is -0.119. The lowest BCUT2D eigenvalue weighted by Gasteiger charge is -2.13. The summed E-state index contributed by atoms with van der Waals surface area (Å²) in [4.78, 5) is 12.1. The molecule has 0 saturated carbocycles. The minimum atomic E-state index is -0.124. The lowest BCUT2D eigenvalue weighted by atomic mass is 10.0. The van der Waals surface area contributed by atoms with Gasteiger partial charge in [-0.15, -0.1) is 5.10 Å². The van der Waals surface area contributed by atoms with Crippen LogP contribution in [0.15, 0.2) is 24.5 Å². The molecule has 0 saturated heterocycles. The average molecular weight is 309 g/mol. The summed E-state index contributed by atoms with van der Waals surface area (Å²) in [5.41, 5.74) is 6.71. The zero-order valence-corrected chi connectivity index (χ0v) is 12.4. The van der Waals surface area contributed by atoms with Crippen molar-refractivity contribution in [3.8, 4) is 5.69 Å². The summed E-state index contributed by atoms with van der Waals surface area (Å²) >= 11 is 6.12. The van der Waals surface area contributed by atoms with Crippen LogP contribution in [-0.4, -0.2) is 32.7 Å². The Morgan fingerprint density at radius 1 is 1.52 bits per heavy atom. The molecule has 0 aliphatic carbocycles. The van der Waals surface area contributed by atoms with E-state index in [-0.39, 0.29) is 11.8 Å². The Balaban J connectivity index is 2.12. The minimum absolute atomic E-state index is 0.0841. The molecule has 1 atom stereocenters. The third kappa shape index (κ3) is 3.99. The molecule has 21 heavy (non-hydrogen) atoms. The Bertz CT molecular complexity index is 601. The highest BCUT2D eigenvalue weighted by molar-refractivity contribution is 6.33. The maximum Gasteiger partial charge on any atom is 0.227 e. The van der Waals surface area contributed by atoms with E-state index in [4.69, 9.17) is 17.3 Å². The van der Waals surface area contributed by atoms with E-state index in [0.29, 0.717) is 22.9 Å². The van der Waals surface area contributed by atoms with Crippen molar-refractivity contribution in [2.45, 2.75) is 19.8 Å². The zero-order valence-electron chi connectivity index (χ0n) is 11.7. The number of amides is 1.